The Morgan fingerprint density at radius 1 is 1.10 bits per heavy atom. The molecule has 0 radical (unpaired) electrons. The molecule has 0 spiro atoms. The van der Waals surface area contributed by atoms with Crippen LogP contribution in [0.1, 0.15) is 49.5 Å². The van der Waals surface area contributed by atoms with Crippen LogP contribution in [0.15, 0.2) is 29.6 Å². The minimum Gasteiger partial charge on any atom is -0.321 e. The lowest BCUT2D eigenvalue weighted by atomic mass is 9.89. The minimum atomic E-state index is -0.374. The van der Waals surface area contributed by atoms with Crippen molar-refractivity contribution in [3.8, 4) is 0 Å². The largest absolute Gasteiger partial charge is 0.321 e. The topological polar surface area (TPSA) is 38.9 Å². The number of hydrogen-bond acceptors (Lipinski definition) is 3. The lowest BCUT2D eigenvalue weighted by Gasteiger charge is -2.24. The van der Waals surface area contributed by atoms with Gasteiger partial charge in [-0.3, -0.25) is 0 Å². The Hall–Kier alpha value is -1.19. The van der Waals surface area contributed by atoms with Crippen LogP contribution >= 0.6 is 11.3 Å². The number of nitrogens with two attached hydrogens (primary N) is 1. The molecule has 1 atom stereocenters. The highest BCUT2D eigenvalue weighted by Crippen LogP contribution is 2.28. The fourth-order valence-corrected chi connectivity index (χ4v) is 3.28. The molecule has 0 aliphatic carbocycles. The van der Waals surface area contributed by atoms with Gasteiger partial charge in [0.1, 0.15) is 0 Å². The van der Waals surface area contributed by atoms with Gasteiger partial charge in [0.05, 0.1) is 10.7 Å². The highest BCUT2D eigenvalue weighted by molar-refractivity contribution is 7.09. The summed E-state index contributed by atoms with van der Waals surface area (Å²) in [5.41, 5.74) is 9.80. The van der Waals surface area contributed by atoms with Crippen molar-refractivity contribution >= 4 is 11.3 Å². The molecule has 20 heavy (non-hydrogen) atoms. The maximum atomic E-state index is 6.51. The third-order valence-corrected chi connectivity index (χ3v) is 4.40. The van der Waals surface area contributed by atoms with Gasteiger partial charge in [0.25, 0.3) is 0 Å². The van der Waals surface area contributed by atoms with Crippen molar-refractivity contribution in [2.75, 3.05) is 0 Å². The second-order valence-electron chi connectivity index (χ2n) is 6.84. The zero-order valence-corrected chi connectivity index (χ0v) is 13.8. The van der Waals surface area contributed by atoms with E-state index in [1.807, 2.05) is 0 Å². The number of hydrogen-bond donors (Lipinski definition) is 1. The summed E-state index contributed by atoms with van der Waals surface area (Å²) in [6.07, 6.45) is 0.775. The van der Waals surface area contributed by atoms with Gasteiger partial charge in [-0.15, -0.1) is 11.3 Å². The lowest BCUT2D eigenvalue weighted by Crippen LogP contribution is -2.35. The molecular formula is C17H24N2S. The average molecular weight is 288 g/mol. The fourth-order valence-electron chi connectivity index (χ4n) is 2.09. The monoisotopic (exact) mass is 288 g/mol. The molecule has 0 bridgehead atoms. The molecule has 2 rings (SSSR count). The van der Waals surface area contributed by atoms with Crippen LogP contribution in [-0.2, 0) is 17.4 Å². The Kier molecular flexibility index (Phi) is 4.03. The SMILES string of the molecule is Cc1ccc(C(C)(N)Cc2nc(C(C)(C)C)cs2)cc1. The second-order valence-corrected chi connectivity index (χ2v) is 7.78. The van der Waals surface area contributed by atoms with Gasteiger partial charge in [-0.25, -0.2) is 4.98 Å². The maximum Gasteiger partial charge on any atom is 0.0950 e. The highest BCUT2D eigenvalue weighted by Gasteiger charge is 2.25. The second kappa shape index (κ2) is 5.30. The zero-order chi connectivity index (χ0) is 15.0. The quantitative estimate of drug-likeness (QED) is 0.921. The number of nitrogens with zero attached hydrogens (tertiary/aromatic N) is 1. The van der Waals surface area contributed by atoms with Crippen LogP contribution in [0.3, 0.4) is 0 Å². The smallest absolute Gasteiger partial charge is 0.0950 e. The van der Waals surface area contributed by atoms with E-state index in [1.54, 1.807) is 11.3 Å². The lowest BCUT2D eigenvalue weighted by molar-refractivity contribution is 0.486. The van der Waals surface area contributed by atoms with Crippen molar-refractivity contribution in [2.24, 2.45) is 5.73 Å². The molecule has 2 nitrogen and oxygen atoms in total. The van der Waals surface area contributed by atoms with Crippen LogP contribution in [-0.4, -0.2) is 4.98 Å². The van der Waals surface area contributed by atoms with E-state index in [0.29, 0.717) is 0 Å². The molecule has 0 saturated carbocycles. The standard InChI is InChI=1S/C17H24N2S/c1-12-6-8-13(9-7-12)17(5,18)10-15-19-14(11-20-15)16(2,3)4/h6-9,11H,10,18H2,1-5H3. The van der Waals surface area contributed by atoms with Gasteiger partial charge in [-0.2, -0.15) is 0 Å². The normalized spacial score (nSPS) is 15.1. The molecule has 0 fully saturated rings. The molecule has 0 aliphatic heterocycles. The molecule has 0 aliphatic rings. The number of aromatic nitrogens is 1. The first-order valence-corrected chi connectivity index (χ1v) is 7.87. The van der Waals surface area contributed by atoms with Crippen molar-refractivity contribution in [1.29, 1.82) is 0 Å². The van der Waals surface area contributed by atoms with Crippen LogP contribution in [0.25, 0.3) is 0 Å². The Balaban J connectivity index is 2.19. The Morgan fingerprint density at radius 3 is 2.20 bits per heavy atom. The average Bonchev–Trinajstić information content (AvgIpc) is 2.77. The molecule has 1 aromatic heterocycles. The molecule has 0 saturated heterocycles. The minimum absolute atomic E-state index is 0.101. The Morgan fingerprint density at radius 2 is 1.70 bits per heavy atom. The summed E-state index contributed by atoms with van der Waals surface area (Å²) in [6.45, 7) is 10.7. The third kappa shape index (κ3) is 3.47. The van der Waals surface area contributed by atoms with Crippen LogP contribution in [0, 0.1) is 6.92 Å². The van der Waals surface area contributed by atoms with Crippen molar-refractivity contribution in [1.82, 2.24) is 4.98 Å². The van der Waals surface area contributed by atoms with Gasteiger partial charge in [0.2, 0.25) is 0 Å². The summed E-state index contributed by atoms with van der Waals surface area (Å²) in [6, 6.07) is 8.47. The Bertz CT molecular complexity index is 574. The van der Waals surface area contributed by atoms with E-state index in [4.69, 9.17) is 10.7 Å². The summed E-state index contributed by atoms with van der Waals surface area (Å²) in [5.74, 6) is 0. The first-order valence-electron chi connectivity index (χ1n) is 6.99. The zero-order valence-electron chi connectivity index (χ0n) is 13.0. The molecule has 1 aromatic carbocycles. The van der Waals surface area contributed by atoms with Crippen molar-refractivity contribution in [3.05, 3.63) is 51.5 Å². The van der Waals surface area contributed by atoms with Gasteiger partial charge in [-0.1, -0.05) is 50.6 Å². The van der Waals surface area contributed by atoms with Gasteiger partial charge in [0.15, 0.2) is 0 Å². The number of rotatable bonds is 3. The molecule has 1 heterocycles. The van der Waals surface area contributed by atoms with Crippen molar-refractivity contribution < 1.29 is 0 Å². The van der Waals surface area contributed by atoms with E-state index < -0.39 is 0 Å². The molecular weight excluding hydrogens is 264 g/mol. The number of benzene rings is 1. The van der Waals surface area contributed by atoms with E-state index >= 15 is 0 Å². The third-order valence-electron chi connectivity index (χ3n) is 3.55. The first kappa shape index (κ1) is 15.2. The predicted molar refractivity (Wildman–Crippen MR) is 87.2 cm³/mol. The van der Waals surface area contributed by atoms with Crippen LogP contribution < -0.4 is 5.73 Å². The van der Waals surface area contributed by atoms with Gasteiger partial charge in [-0.05, 0) is 19.4 Å². The van der Waals surface area contributed by atoms with E-state index in [9.17, 15) is 0 Å². The highest BCUT2D eigenvalue weighted by atomic mass is 32.1. The summed E-state index contributed by atoms with van der Waals surface area (Å²) in [4.78, 5) is 4.75. The summed E-state index contributed by atoms with van der Waals surface area (Å²) >= 11 is 1.71. The Labute approximate surface area is 126 Å². The number of aryl methyl sites for hydroxylation is 1. The van der Waals surface area contributed by atoms with Crippen LogP contribution in [0.5, 0.6) is 0 Å². The summed E-state index contributed by atoms with van der Waals surface area (Å²) in [5, 5.41) is 3.26. The van der Waals surface area contributed by atoms with Gasteiger partial charge >= 0.3 is 0 Å². The molecule has 0 amide bonds. The van der Waals surface area contributed by atoms with E-state index in [1.165, 1.54) is 5.56 Å². The number of thiazole rings is 1. The van der Waals surface area contributed by atoms with E-state index in [2.05, 4.69) is 64.3 Å². The molecule has 2 N–H and O–H groups in total. The van der Waals surface area contributed by atoms with E-state index in [0.717, 1.165) is 22.7 Å². The van der Waals surface area contributed by atoms with Gasteiger partial charge < -0.3 is 5.73 Å². The van der Waals surface area contributed by atoms with Crippen LogP contribution in [0.2, 0.25) is 0 Å². The van der Waals surface area contributed by atoms with Gasteiger partial charge in [0, 0.05) is 22.8 Å². The molecule has 3 heteroatoms. The fraction of sp³-hybridized carbons (Fsp3) is 0.471. The maximum absolute atomic E-state index is 6.51. The van der Waals surface area contributed by atoms with Crippen molar-refractivity contribution in [3.63, 3.8) is 0 Å². The molecule has 108 valence electrons. The summed E-state index contributed by atoms with van der Waals surface area (Å²) < 4.78 is 0. The summed E-state index contributed by atoms with van der Waals surface area (Å²) in [7, 11) is 0. The van der Waals surface area contributed by atoms with Crippen molar-refractivity contribution in [2.45, 2.75) is 52.0 Å². The first-order chi connectivity index (χ1) is 9.18. The van der Waals surface area contributed by atoms with E-state index in [-0.39, 0.29) is 11.0 Å². The van der Waals surface area contributed by atoms with Crippen LogP contribution in [0.4, 0.5) is 0 Å². The molecule has 1 unspecified atom stereocenters. The predicted octanol–water partition coefficient (Wildman–Crippen LogP) is 4.17. The molecule has 2 aromatic rings.